The molecule has 1 amide bonds. The maximum atomic E-state index is 12.9. The van der Waals surface area contributed by atoms with Crippen LogP contribution in [0.4, 0.5) is 11.4 Å². The number of hydrogen-bond acceptors (Lipinski definition) is 8. The summed E-state index contributed by atoms with van der Waals surface area (Å²) in [6, 6.07) is 4.54. The highest BCUT2D eigenvalue weighted by Gasteiger charge is 2.31. The Labute approximate surface area is 230 Å². The van der Waals surface area contributed by atoms with Crippen molar-refractivity contribution in [3.63, 3.8) is 0 Å². The van der Waals surface area contributed by atoms with Crippen LogP contribution < -0.4 is 10.2 Å². The van der Waals surface area contributed by atoms with Crippen LogP contribution in [0.1, 0.15) is 46.7 Å². The Morgan fingerprint density at radius 3 is 2.56 bits per heavy atom. The van der Waals surface area contributed by atoms with Crippen LogP contribution in [0.25, 0.3) is 16.9 Å². The van der Waals surface area contributed by atoms with E-state index in [1.165, 1.54) is 0 Å². The van der Waals surface area contributed by atoms with Gasteiger partial charge in [0.2, 0.25) is 0 Å². The number of carbonyl (C=O) groups is 1. The summed E-state index contributed by atoms with van der Waals surface area (Å²) in [5, 5.41) is 11.7. The lowest BCUT2D eigenvalue weighted by Crippen LogP contribution is -2.48. The first-order valence-corrected chi connectivity index (χ1v) is 13.6. The van der Waals surface area contributed by atoms with Gasteiger partial charge in [0.15, 0.2) is 6.10 Å². The molecule has 1 unspecified atom stereocenters. The molecule has 1 N–H and O–H groups in total. The van der Waals surface area contributed by atoms with Crippen LogP contribution in [0.5, 0.6) is 0 Å². The number of rotatable bonds is 6. The van der Waals surface area contributed by atoms with Gasteiger partial charge in [-0.3, -0.25) is 19.7 Å². The van der Waals surface area contributed by atoms with Crippen LogP contribution in [-0.2, 0) is 9.53 Å². The highest BCUT2D eigenvalue weighted by atomic mass is 16.5. The number of aromatic nitrogens is 5. The van der Waals surface area contributed by atoms with E-state index in [4.69, 9.17) is 4.74 Å². The maximum absolute atomic E-state index is 12.9. The van der Waals surface area contributed by atoms with Gasteiger partial charge in [0.25, 0.3) is 5.91 Å². The molecule has 10 heteroatoms. The van der Waals surface area contributed by atoms with Crippen LogP contribution in [0.2, 0.25) is 0 Å². The molecular weight excluding hydrogens is 492 g/mol. The van der Waals surface area contributed by atoms with Crippen LogP contribution in [0, 0.1) is 12.3 Å². The van der Waals surface area contributed by atoms with Gasteiger partial charge in [-0.25, -0.2) is 4.68 Å². The lowest BCUT2D eigenvalue weighted by Gasteiger charge is -2.38. The molecule has 0 spiro atoms. The van der Waals surface area contributed by atoms with Crippen molar-refractivity contribution in [2.45, 2.75) is 60.1 Å². The molecule has 1 saturated heterocycles. The van der Waals surface area contributed by atoms with Crippen molar-refractivity contribution in [3.8, 4) is 16.9 Å². The van der Waals surface area contributed by atoms with E-state index in [-0.39, 0.29) is 11.3 Å². The number of aryl methyl sites for hydroxylation is 1. The second-order valence-corrected chi connectivity index (χ2v) is 11.6. The molecule has 0 aromatic carbocycles. The van der Waals surface area contributed by atoms with Crippen LogP contribution in [-0.4, -0.2) is 74.1 Å². The quantitative estimate of drug-likeness (QED) is 0.506. The van der Waals surface area contributed by atoms with Gasteiger partial charge in [0.05, 0.1) is 47.1 Å². The molecule has 2 aliphatic rings. The number of carbonyl (C=O) groups excluding carboxylic acids is 1. The van der Waals surface area contributed by atoms with Crippen LogP contribution in [0.3, 0.4) is 0 Å². The van der Waals surface area contributed by atoms with Crippen molar-refractivity contribution in [2.75, 3.05) is 36.4 Å². The van der Waals surface area contributed by atoms with E-state index in [2.05, 4.69) is 76.1 Å². The number of piperazine rings is 1. The zero-order valence-corrected chi connectivity index (χ0v) is 23.7. The van der Waals surface area contributed by atoms with Gasteiger partial charge < -0.3 is 15.0 Å². The zero-order chi connectivity index (χ0) is 27.7. The van der Waals surface area contributed by atoms with Gasteiger partial charge in [-0.1, -0.05) is 26.0 Å². The highest BCUT2D eigenvalue weighted by Crippen LogP contribution is 2.33. The number of pyridine rings is 2. The van der Waals surface area contributed by atoms with Gasteiger partial charge in [0.1, 0.15) is 5.69 Å². The molecule has 2 aliphatic heterocycles. The molecular formula is C29H38N8O2. The minimum atomic E-state index is -0.546. The molecule has 5 rings (SSSR count). The minimum absolute atomic E-state index is 0.129. The first-order valence-electron chi connectivity index (χ1n) is 13.6. The number of anilines is 2. The van der Waals surface area contributed by atoms with Crippen molar-refractivity contribution >= 4 is 17.3 Å². The average molecular weight is 531 g/mol. The van der Waals surface area contributed by atoms with E-state index in [1.807, 2.05) is 37.7 Å². The number of hydrogen-bond donors (Lipinski definition) is 1. The predicted molar refractivity (Wildman–Crippen MR) is 152 cm³/mol. The van der Waals surface area contributed by atoms with E-state index < -0.39 is 6.10 Å². The first kappa shape index (κ1) is 26.8. The van der Waals surface area contributed by atoms with Crippen molar-refractivity contribution in [1.82, 2.24) is 29.9 Å². The average Bonchev–Trinajstić information content (AvgIpc) is 3.61. The lowest BCUT2D eigenvalue weighted by molar-refractivity contribution is -0.124. The largest absolute Gasteiger partial charge is 0.484 e. The van der Waals surface area contributed by atoms with Crippen molar-refractivity contribution in [3.05, 3.63) is 54.4 Å². The molecule has 0 radical (unpaired) electrons. The fourth-order valence-electron chi connectivity index (χ4n) is 4.90. The molecule has 1 atom stereocenters. The first-order chi connectivity index (χ1) is 18.6. The molecule has 0 aliphatic carbocycles. The zero-order valence-electron chi connectivity index (χ0n) is 23.7. The summed E-state index contributed by atoms with van der Waals surface area (Å²) < 4.78 is 7.60. The molecule has 0 saturated carbocycles. The number of ether oxygens (including phenoxy) is 1. The van der Waals surface area contributed by atoms with E-state index in [0.717, 1.165) is 60.3 Å². The van der Waals surface area contributed by atoms with Crippen molar-refractivity contribution in [2.24, 2.45) is 5.41 Å². The predicted octanol–water partition coefficient (Wildman–Crippen LogP) is 4.22. The summed E-state index contributed by atoms with van der Waals surface area (Å²) in [5.41, 5.74) is 4.67. The Bertz CT molecular complexity index is 1370. The minimum Gasteiger partial charge on any atom is -0.484 e. The lowest BCUT2D eigenvalue weighted by atomic mass is 9.94. The summed E-state index contributed by atoms with van der Waals surface area (Å²) in [6.45, 7) is 16.6. The summed E-state index contributed by atoms with van der Waals surface area (Å²) in [6.07, 6.45) is 9.24. The summed E-state index contributed by atoms with van der Waals surface area (Å²) in [4.78, 5) is 26.7. The molecule has 3 aromatic rings. The topological polar surface area (TPSA) is 101 Å². The van der Waals surface area contributed by atoms with E-state index >= 15 is 0 Å². The highest BCUT2D eigenvalue weighted by molar-refractivity contribution is 5.94. The monoisotopic (exact) mass is 530 g/mol. The van der Waals surface area contributed by atoms with Gasteiger partial charge >= 0.3 is 0 Å². The molecule has 0 bridgehead atoms. The molecule has 1 fully saturated rings. The Morgan fingerprint density at radius 1 is 1.10 bits per heavy atom. The SMILES string of the molecule is Cc1ncc(NC(=O)C2CC=C(C(C)(C)C)O2)cc1-n1cc(-c2cncc(N3CCN(C(C)C)CC3)c2)nn1. The Balaban J connectivity index is 1.29. The molecule has 206 valence electrons. The Kier molecular flexibility index (Phi) is 7.40. The number of nitrogens with one attached hydrogen (secondary N) is 1. The second kappa shape index (κ2) is 10.8. The molecule has 5 heterocycles. The molecule has 39 heavy (non-hydrogen) atoms. The second-order valence-electron chi connectivity index (χ2n) is 11.6. The van der Waals surface area contributed by atoms with Gasteiger partial charge in [-0.05, 0) is 39.0 Å². The Morgan fingerprint density at radius 2 is 1.87 bits per heavy atom. The third kappa shape index (κ3) is 5.95. The Hall–Kier alpha value is -3.79. The fraction of sp³-hybridized carbons (Fsp3) is 0.483. The van der Waals surface area contributed by atoms with Gasteiger partial charge in [0, 0.05) is 55.8 Å². The third-order valence-corrected chi connectivity index (χ3v) is 7.32. The smallest absolute Gasteiger partial charge is 0.265 e. The summed E-state index contributed by atoms with van der Waals surface area (Å²) in [5.74, 6) is 0.649. The summed E-state index contributed by atoms with van der Waals surface area (Å²) in [7, 11) is 0. The fourth-order valence-corrected chi connectivity index (χ4v) is 4.90. The maximum Gasteiger partial charge on any atom is 0.265 e. The molecule has 3 aromatic heterocycles. The van der Waals surface area contributed by atoms with E-state index in [1.54, 1.807) is 10.9 Å². The van der Waals surface area contributed by atoms with Gasteiger partial charge in [-0.2, -0.15) is 0 Å². The summed E-state index contributed by atoms with van der Waals surface area (Å²) >= 11 is 0. The van der Waals surface area contributed by atoms with E-state index in [0.29, 0.717) is 18.2 Å². The number of allylic oxidation sites excluding steroid dienone is 1. The van der Waals surface area contributed by atoms with Crippen molar-refractivity contribution < 1.29 is 9.53 Å². The number of nitrogens with zero attached hydrogens (tertiary/aromatic N) is 7. The molecule has 10 nitrogen and oxygen atoms in total. The van der Waals surface area contributed by atoms with Crippen LogP contribution in [0.15, 0.2) is 48.8 Å². The van der Waals surface area contributed by atoms with E-state index in [9.17, 15) is 4.79 Å². The normalized spacial score (nSPS) is 18.3. The van der Waals surface area contributed by atoms with Crippen LogP contribution >= 0.6 is 0 Å². The standard InChI is InChI=1S/C29H38N8O2/c1-19(2)35-9-11-36(12-10-35)23-13-21(15-30-17-23)24-18-37(34-33-24)25-14-22(16-31-20(25)3)32-28(38)26-7-8-27(39-26)29(4,5)6/h8,13-19,26H,7,9-12H2,1-6H3,(H,32,38). The number of amides is 1. The third-order valence-electron chi connectivity index (χ3n) is 7.32. The van der Waals surface area contributed by atoms with Gasteiger partial charge in [-0.15, -0.1) is 5.10 Å². The van der Waals surface area contributed by atoms with Crippen molar-refractivity contribution in [1.29, 1.82) is 0 Å².